The summed E-state index contributed by atoms with van der Waals surface area (Å²) in [7, 11) is 0. The van der Waals surface area contributed by atoms with Crippen LogP contribution < -0.4 is 0 Å². The zero-order chi connectivity index (χ0) is 6.85. The summed E-state index contributed by atoms with van der Waals surface area (Å²) in [6.45, 7) is 0. The molecule has 0 aromatic heterocycles. The van der Waals surface area contributed by atoms with Crippen LogP contribution in [0.25, 0.3) is 0 Å². The number of hydrogen-bond acceptors (Lipinski definition) is 0. The first-order chi connectivity index (χ1) is 4.22. The summed E-state index contributed by atoms with van der Waals surface area (Å²) in [6.07, 6.45) is 0. The lowest BCUT2D eigenvalue weighted by Crippen LogP contribution is -1.67. The molecule has 10 heavy (non-hydrogen) atoms. The third-order valence-electron chi connectivity index (χ3n) is 0.904. The molecule has 1 rings (SSSR count). The molecule has 0 fully saturated rings. The van der Waals surface area contributed by atoms with Crippen LogP contribution in [0, 0.1) is 0 Å². The largest absolute Gasteiger partial charge is 0.412 e. The average Bonchev–Trinajstić information content (AvgIpc) is 1.83. The van der Waals surface area contributed by atoms with Crippen molar-refractivity contribution in [3.8, 4) is 0 Å². The van der Waals surface area contributed by atoms with E-state index in [-0.39, 0.29) is 5.48 Å². The van der Waals surface area contributed by atoms with Crippen LogP contribution in [0.4, 0.5) is 0 Å². The summed E-state index contributed by atoms with van der Waals surface area (Å²) in [4.78, 5) is 0. The highest BCUT2D eigenvalue weighted by atomic mass is 35.5. The van der Waals surface area contributed by atoms with Gasteiger partial charge in [0.15, 0.2) is 0 Å². The monoisotopic (exact) mass is 198 g/mol. The maximum Gasteiger partial charge on any atom is 0.0778 e. The zero-order valence-electron chi connectivity index (χ0n) is 4.87. The summed E-state index contributed by atoms with van der Waals surface area (Å²) in [5.74, 6) is 0. The molecule has 0 aliphatic carbocycles. The van der Waals surface area contributed by atoms with Crippen molar-refractivity contribution in [3.05, 3.63) is 33.3 Å². The van der Waals surface area contributed by atoms with Crippen molar-refractivity contribution >= 4 is 34.8 Å². The Hall–Kier alpha value is 0.0500. The molecular formula is C6H5Cl3O. The van der Waals surface area contributed by atoms with Crippen LogP contribution in [-0.2, 0) is 0 Å². The van der Waals surface area contributed by atoms with E-state index in [1.807, 2.05) is 0 Å². The van der Waals surface area contributed by atoms with Crippen molar-refractivity contribution < 1.29 is 5.48 Å². The van der Waals surface area contributed by atoms with Gasteiger partial charge in [-0.15, -0.1) is 0 Å². The van der Waals surface area contributed by atoms with Crippen LogP contribution in [0.3, 0.4) is 0 Å². The van der Waals surface area contributed by atoms with Gasteiger partial charge in [0.1, 0.15) is 0 Å². The van der Waals surface area contributed by atoms with E-state index in [1.54, 1.807) is 18.2 Å². The number of halogens is 3. The van der Waals surface area contributed by atoms with E-state index in [1.165, 1.54) is 0 Å². The van der Waals surface area contributed by atoms with Gasteiger partial charge in [0.2, 0.25) is 0 Å². The van der Waals surface area contributed by atoms with Gasteiger partial charge < -0.3 is 5.48 Å². The van der Waals surface area contributed by atoms with Gasteiger partial charge in [0.05, 0.1) is 15.1 Å². The molecule has 0 radical (unpaired) electrons. The van der Waals surface area contributed by atoms with Crippen LogP contribution in [0.15, 0.2) is 18.2 Å². The van der Waals surface area contributed by atoms with Crippen LogP contribution in [0.1, 0.15) is 0 Å². The summed E-state index contributed by atoms with van der Waals surface area (Å²) in [5.41, 5.74) is 0. The van der Waals surface area contributed by atoms with E-state index in [2.05, 4.69) is 0 Å². The Morgan fingerprint density at radius 3 is 1.60 bits per heavy atom. The molecule has 0 spiro atoms. The number of hydrogen-bond donors (Lipinski definition) is 0. The Kier molecular flexibility index (Phi) is 4.06. The van der Waals surface area contributed by atoms with E-state index in [0.29, 0.717) is 15.1 Å². The molecule has 1 nitrogen and oxygen atoms in total. The van der Waals surface area contributed by atoms with E-state index < -0.39 is 0 Å². The maximum atomic E-state index is 5.61. The van der Waals surface area contributed by atoms with Gasteiger partial charge in [-0.1, -0.05) is 40.9 Å². The molecule has 0 heterocycles. The van der Waals surface area contributed by atoms with E-state index >= 15 is 0 Å². The van der Waals surface area contributed by atoms with E-state index in [0.717, 1.165) is 0 Å². The van der Waals surface area contributed by atoms with Crippen molar-refractivity contribution in [1.29, 1.82) is 0 Å². The third kappa shape index (κ3) is 2.03. The van der Waals surface area contributed by atoms with Crippen LogP contribution in [0.2, 0.25) is 15.1 Å². The van der Waals surface area contributed by atoms with Crippen LogP contribution in [-0.4, -0.2) is 5.48 Å². The molecule has 0 aliphatic heterocycles. The van der Waals surface area contributed by atoms with Gasteiger partial charge in [0, 0.05) is 0 Å². The van der Waals surface area contributed by atoms with Crippen molar-refractivity contribution in [2.24, 2.45) is 0 Å². The normalized spacial score (nSPS) is 8.70. The second kappa shape index (κ2) is 4.04. The SMILES string of the molecule is Clc1cccc(Cl)c1Cl.O. The standard InChI is InChI=1S/C6H3Cl3.H2O/c7-4-2-1-3-5(8)6(4)9;/h1-3H;1H2. The molecule has 0 unspecified atom stereocenters. The minimum atomic E-state index is 0. The predicted octanol–water partition coefficient (Wildman–Crippen LogP) is 2.82. The Balaban J connectivity index is 0.000000810. The summed E-state index contributed by atoms with van der Waals surface area (Å²) >= 11 is 16.8. The number of rotatable bonds is 0. The first-order valence-corrected chi connectivity index (χ1v) is 3.44. The first kappa shape index (κ1) is 10.0. The molecule has 0 saturated carbocycles. The smallest absolute Gasteiger partial charge is 0.0778 e. The van der Waals surface area contributed by atoms with Crippen molar-refractivity contribution in [2.75, 3.05) is 0 Å². The fourth-order valence-corrected chi connectivity index (χ4v) is 1.00. The highest BCUT2D eigenvalue weighted by Crippen LogP contribution is 2.28. The van der Waals surface area contributed by atoms with Crippen molar-refractivity contribution in [3.63, 3.8) is 0 Å². The van der Waals surface area contributed by atoms with Gasteiger partial charge in [-0.2, -0.15) is 0 Å². The molecule has 4 heteroatoms. The quantitative estimate of drug-likeness (QED) is 0.576. The minimum Gasteiger partial charge on any atom is -0.412 e. The van der Waals surface area contributed by atoms with Gasteiger partial charge in [-0.05, 0) is 12.1 Å². The lowest BCUT2D eigenvalue weighted by Gasteiger charge is -1.94. The Morgan fingerprint density at radius 2 is 1.30 bits per heavy atom. The highest BCUT2D eigenvalue weighted by molar-refractivity contribution is 6.47. The fourth-order valence-electron chi connectivity index (χ4n) is 0.477. The summed E-state index contributed by atoms with van der Waals surface area (Å²) in [5, 5.41) is 1.40. The minimum absolute atomic E-state index is 0. The van der Waals surface area contributed by atoms with Crippen molar-refractivity contribution in [1.82, 2.24) is 0 Å². The molecule has 1 aromatic rings. The molecule has 2 N–H and O–H groups in total. The molecule has 56 valence electrons. The topological polar surface area (TPSA) is 31.5 Å². The lowest BCUT2D eigenvalue weighted by molar-refractivity contribution is 0.824. The molecule has 1 aromatic carbocycles. The number of benzene rings is 1. The van der Waals surface area contributed by atoms with Crippen LogP contribution >= 0.6 is 34.8 Å². The Bertz CT molecular complexity index is 204. The van der Waals surface area contributed by atoms with Gasteiger partial charge in [-0.25, -0.2) is 0 Å². The van der Waals surface area contributed by atoms with E-state index in [4.69, 9.17) is 34.8 Å². The molecule has 0 bridgehead atoms. The maximum absolute atomic E-state index is 5.61. The average molecular weight is 199 g/mol. The fraction of sp³-hybridized carbons (Fsp3) is 0. The first-order valence-electron chi connectivity index (χ1n) is 2.31. The predicted molar refractivity (Wildman–Crippen MR) is 45.1 cm³/mol. The van der Waals surface area contributed by atoms with E-state index in [9.17, 15) is 0 Å². The second-order valence-electron chi connectivity index (χ2n) is 1.54. The lowest BCUT2D eigenvalue weighted by atomic mass is 10.4. The highest BCUT2D eigenvalue weighted by Gasteiger charge is 1.98. The van der Waals surface area contributed by atoms with Crippen LogP contribution in [0.5, 0.6) is 0 Å². The molecule has 0 atom stereocenters. The summed E-state index contributed by atoms with van der Waals surface area (Å²) in [6, 6.07) is 5.13. The Labute approximate surface area is 73.8 Å². The molecule has 0 saturated heterocycles. The Morgan fingerprint density at radius 1 is 0.900 bits per heavy atom. The van der Waals surface area contributed by atoms with Gasteiger partial charge >= 0.3 is 0 Å². The van der Waals surface area contributed by atoms with Gasteiger partial charge in [0.25, 0.3) is 0 Å². The molecule has 0 amide bonds. The molecule has 0 aliphatic rings. The van der Waals surface area contributed by atoms with Crippen molar-refractivity contribution in [2.45, 2.75) is 0 Å². The molecular weight excluding hydrogens is 194 g/mol. The summed E-state index contributed by atoms with van der Waals surface area (Å²) < 4.78 is 0. The second-order valence-corrected chi connectivity index (χ2v) is 2.73. The third-order valence-corrected chi connectivity index (χ3v) is 2.14. The van der Waals surface area contributed by atoms with Gasteiger partial charge in [-0.3, -0.25) is 0 Å². The zero-order valence-corrected chi connectivity index (χ0v) is 7.13.